The fourth-order valence-corrected chi connectivity index (χ4v) is 1.55. The lowest BCUT2D eigenvalue weighted by molar-refractivity contribution is 0.237. The van der Waals surface area contributed by atoms with Crippen LogP contribution in [0.25, 0.3) is 0 Å². The van der Waals surface area contributed by atoms with Crippen LogP contribution < -0.4 is 10.5 Å². The lowest BCUT2D eigenvalue weighted by Gasteiger charge is -2.14. The molecule has 84 valence electrons. The summed E-state index contributed by atoms with van der Waals surface area (Å²) in [6.45, 7) is 1.03. The average molecular weight is 220 g/mol. The standard InChI is InChI=1S/C12H13FN2O/c13-10-2-1-3-11(9(10)6-14)16-8-12(7-15)4-5-12/h1-3H,4-5,7-8,15H2. The molecule has 1 aliphatic carbocycles. The molecule has 4 heteroatoms. The van der Waals surface area contributed by atoms with Gasteiger partial charge in [0.05, 0.1) is 6.61 Å². The Morgan fingerprint density at radius 1 is 1.50 bits per heavy atom. The van der Waals surface area contributed by atoms with Gasteiger partial charge in [-0.15, -0.1) is 0 Å². The average Bonchev–Trinajstić information content (AvgIpc) is 3.07. The highest BCUT2D eigenvalue weighted by Crippen LogP contribution is 2.44. The Balaban J connectivity index is 2.10. The van der Waals surface area contributed by atoms with Crippen molar-refractivity contribution in [2.24, 2.45) is 11.1 Å². The van der Waals surface area contributed by atoms with E-state index in [9.17, 15) is 4.39 Å². The smallest absolute Gasteiger partial charge is 0.144 e. The number of hydrogen-bond acceptors (Lipinski definition) is 3. The third kappa shape index (κ3) is 2.00. The van der Waals surface area contributed by atoms with Gasteiger partial charge in [0.15, 0.2) is 0 Å². The van der Waals surface area contributed by atoms with E-state index in [1.807, 2.05) is 6.07 Å². The Hall–Kier alpha value is -1.60. The molecule has 0 bridgehead atoms. The van der Waals surface area contributed by atoms with Gasteiger partial charge in [0.25, 0.3) is 0 Å². The van der Waals surface area contributed by atoms with E-state index in [1.165, 1.54) is 12.1 Å². The molecule has 1 aliphatic rings. The molecule has 2 N–H and O–H groups in total. The molecule has 3 nitrogen and oxygen atoms in total. The van der Waals surface area contributed by atoms with E-state index in [0.717, 1.165) is 12.8 Å². The number of halogens is 1. The molecule has 2 rings (SSSR count). The van der Waals surface area contributed by atoms with Crippen molar-refractivity contribution in [2.75, 3.05) is 13.2 Å². The Morgan fingerprint density at radius 3 is 2.81 bits per heavy atom. The topological polar surface area (TPSA) is 59.0 Å². The number of rotatable bonds is 4. The number of nitrogens with two attached hydrogens (primary N) is 1. The zero-order valence-electron chi connectivity index (χ0n) is 8.87. The van der Waals surface area contributed by atoms with E-state index < -0.39 is 5.82 Å². The minimum atomic E-state index is -0.544. The van der Waals surface area contributed by atoms with Crippen molar-refractivity contribution < 1.29 is 9.13 Å². The first-order valence-corrected chi connectivity index (χ1v) is 5.22. The molecule has 0 heterocycles. The molecule has 0 atom stereocenters. The molecule has 1 aromatic carbocycles. The Morgan fingerprint density at radius 2 is 2.25 bits per heavy atom. The predicted octanol–water partition coefficient (Wildman–Crippen LogP) is 1.82. The van der Waals surface area contributed by atoms with E-state index in [1.54, 1.807) is 6.07 Å². The highest BCUT2D eigenvalue weighted by molar-refractivity contribution is 5.43. The maximum atomic E-state index is 13.2. The number of nitriles is 1. The molecule has 0 radical (unpaired) electrons. The summed E-state index contributed by atoms with van der Waals surface area (Å²) in [6, 6.07) is 6.20. The van der Waals surface area contributed by atoms with Gasteiger partial charge in [0, 0.05) is 12.0 Å². The highest BCUT2D eigenvalue weighted by atomic mass is 19.1. The van der Waals surface area contributed by atoms with Crippen LogP contribution in [-0.4, -0.2) is 13.2 Å². The molecular formula is C12H13FN2O. The molecule has 0 aliphatic heterocycles. The summed E-state index contributed by atoms with van der Waals surface area (Å²) < 4.78 is 18.7. The van der Waals surface area contributed by atoms with E-state index in [-0.39, 0.29) is 11.0 Å². The Labute approximate surface area is 93.6 Å². The lowest BCUT2D eigenvalue weighted by atomic mass is 10.1. The Kier molecular flexibility index (Phi) is 2.80. The normalized spacial score (nSPS) is 16.6. The number of hydrogen-bond donors (Lipinski definition) is 1. The first-order valence-electron chi connectivity index (χ1n) is 5.22. The fraction of sp³-hybridized carbons (Fsp3) is 0.417. The quantitative estimate of drug-likeness (QED) is 0.841. The van der Waals surface area contributed by atoms with Crippen molar-refractivity contribution in [2.45, 2.75) is 12.8 Å². The molecule has 1 aromatic rings. The maximum Gasteiger partial charge on any atom is 0.144 e. The van der Waals surface area contributed by atoms with Gasteiger partial charge in [-0.2, -0.15) is 5.26 Å². The monoisotopic (exact) mass is 220 g/mol. The second kappa shape index (κ2) is 4.11. The van der Waals surface area contributed by atoms with E-state index in [4.69, 9.17) is 15.7 Å². The van der Waals surface area contributed by atoms with Crippen LogP contribution >= 0.6 is 0 Å². The van der Waals surface area contributed by atoms with Crippen molar-refractivity contribution in [3.8, 4) is 11.8 Å². The summed E-state index contributed by atoms with van der Waals surface area (Å²) in [5.74, 6) is -0.236. The summed E-state index contributed by atoms with van der Waals surface area (Å²) in [7, 11) is 0. The van der Waals surface area contributed by atoms with Gasteiger partial charge in [0.1, 0.15) is 23.2 Å². The minimum Gasteiger partial charge on any atom is -0.491 e. The Bertz CT molecular complexity index is 435. The number of benzene rings is 1. The minimum absolute atomic E-state index is 0.0321. The summed E-state index contributed by atoms with van der Waals surface area (Å²) >= 11 is 0. The van der Waals surface area contributed by atoms with Crippen molar-refractivity contribution >= 4 is 0 Å². The van der Waals surface area contributed by atoms with Gasteiger partial charge in [0.2, 0.25) is 0 Å². The van der Waals surface area contributed by atoms with Gasteiger partial charge < -0.3 is 10.5 Å². The zero-order valence-corrected chi connectivity index (χ0v) is 8.87. The molecule has 0 saturated heterocycles. The van der Waals surface area contributed by atoms with Crippen LogP contribution in [0.5, 0.6) is 5.75 Å². The molecular weight excluding hydrogens is 207 g/mol. The van der Waals surface area contributed by atoms with E-state index in [2.05, 4.69) is 0 Å². The van der Waals surface area contributed by atoms with Gasteiger partial charge in [-0.1, -0.05) is 6.07 Å². The summed E-state index contributed by atoms with van der Waals surface area (Å²) in [5.41, 5.74) is 5.64. The van der Waals surface area contributed by atoms with Crippen LogP contribution in [0.3, 0.4) is 0 Å². The van der Waals surface area contributed by atoms with Crippen molar-refractivity contribution in [1.29, 1.82) is 5.26 Å². The first-order chi connectivity index (χ1) is 7.71. The number of nitrogens with zero attached hydrogens (tertiary/aromatic N) is 1. The summed E-state index contributed by atoms with van der Waals surface area (Å²) in [6.07, 6.45) is 2.08. The SMILES string of the molecule is N#Cc1c(F)cccc1OCC1(CN)CC1. The fourth-order valence-electron chi connectivity index (χ4n) is 1.55. The molecule has 0 spiro atoms. The summed E-state index contributed by atoms with van der Waals surface area (Å²) in [4.78, 5) is 0. The zero-order chi connectivity index (χ0) is 11.6. The van der Waals surface area contributed by atoms with Crippen LogP contribution in [0.4, 0.5) is 4.39 Å². The largest absolute Gasteiger partial charge is 0.491 e. The molecule has 1 fully saturated rings. The van der Waals surface area contributed by atoms with Crippen molar-refractivity contribution in [3.63, 3.8) is 0 Å². The maximum absolute atomic E-state index is 13.2. The van der Waals surface area contributed by atoms with Crippen LogP contribution in [0.15, 0.2) is 18.2 Å². The van der Waals surface area contributed by atoms with Crippen molar-refractivity contribution in [1.82, 2.24) is 0 Å². The third-order valence-corrected chi connectivity index (χ3v) is 3.01. The highest BCUT2D eigenvalue weighted by Gasteiger charge is 2.42. The van der Waals surface area contributed by atoms with Crippen LogP contribution in [0.2, 0.25) is 0 Å². The third-order valence-electron chi connectivity index (χ3n) is 3.01. The van der Waals surface area contributed by atoms with Crippen LogP contribution in [0, 0.1) is 22.6 Å². The van der Waals surface area contributed by atoms with Gasteiger partial charge in [-0.25, -0.2) is 4.39 Å². The molecule has 0 amide bonds. The van der Waals surface area contributed by atoms with E-state index in [0.29, 0.717) is 18.9 Å². The van der Waals surface area contributed by atoms with Crippen LogP contribution in [0.1, 0.15) is 18.4 Å². The molecule has 0 aromatic heterocycles. The van der Waals surface area contributed by atoms with Gasteiger partial charge in [-0.05, 0) is 25.0 Å². The molecule has 16 heavy (non-hydrogen) atoms. The number of ether oxygens (including phenoxy) is 1. The first kappa shape index (κ1) is 10.9. The van der Waals surface area contributed by atoms with Crippen LogP contribution in [-0.2, 0) is 0 Å². The van der Waals surface area contributed by atoms with Crippen molar-refractivity contribution in [3.05, 3.63) is 29.6 Å². The van der Waals surface area contributed by atoms with Gasteiger partial charge >= 0.3 is 0 Å². The van der Waals surface area contributed by atoms with Gasteiger partial charge in [-0.3, -0.25) is 0 Å². The van der Waals surface area contributed by atoms with E-state index >= 15 is 0 Å². The molecule has 0 unspecified atom stereocenters. The summed E-state index contributed by atoms with van der Waals surface area (Å²) in [5, 5.41) is 8.81. The predicted molar refractivity (Wildman–Crippen MR) is 57.3 cm³/mol. The lowest BCUT2D eigenvalue weighted by Crippen LogP contribution is -2.23. The second-order valence-electron chi connectivity index (χ2n) is 4.22. The second-order valence-corrected chi connectivity index (χ2v) is 4.22. The molecule has 1 saturated carbocycles.